The third kappa shape index (κ3) is 5.42. The molecule has 6 aromatic heterocycles. The van der Waals surface area contributed by atoms with Crippen LogP contribution in [0.15, 0.2) is 224 Å². The number of aromatic nitrogens is 3. The molecule has 74 heavy (non-hydrogen) atoms. The van der Waals surface area contributed by atoms with Gasteiger partial charge in [-0.25, -0.2) is 0 Å². The average molecular weight is 996 g/mol. The van der Waals surface area contributed by atoms with Gasteiger partial charge in [0.1, 0.15) is 0 Å². The highest BCUT2D eigenvalue weighted by Crippen LogP contribution is 2.50. The summed E-state index contributed by atoms with van der Waals surface area (Å²) in [5.74, 6) is -0.0332. The highest BCUT2D eigenvalue weighted by atomic mass is 32.1. The quantitative estimate of drug-likeness (QED) is 0.158. The molecular formula is C67H37N3OS3. The minimum Gasteiger partial charge on any atom is -0.307 e. The van der Waals surface area contributed by atoms with Crippen LogP contribution in [-0.2, 0) is 0 Å². The van der Waals surface area contributed by atoms with Crippen molar-refractivity contribution in [1.82, 2.24) is 13.7 Å². The van der Waals surface area contributed by atoms with Gasteiger partial charge in [0.2, 0.25) is 0 Å². The van der Waals surface area contributed by atoms with Gasteiger partial charge in [0.25, 0.3) is 0 Å². The van der Waals surface area contributed by atoms with Crippen LogP contribution in [0.1, 0.15) is 15.9 Å². The van der Waals surface area contributed by atoms with E-state index >= 15 is 4.79 Å². The fourth-order valence-electron chi connectivity index (χ4n) is 12.5. The van der Waals surface area contributed by atoms with Gasteiger partial charge in [0, 0.05) is 104 Å². The Morgan fingerprint density at radius 2 is 0.622 bits per heavy atom. The lowest BCUT2D eigenvalue weighted by molar-refractivity contribution is 0.103. The number of benzene rings is 11. The van der Waals surface area contributed by atoms with Crippen LogP contribution in [0.3, 0.4) is 0 Å². The van der Waals surface area contributed by atoms with Crippen LogP contribution in [-0.4, -0.2) is 19.5 Å². The first kappa shape index (κ1) is 40.7. The standard InChI is InChI=1S/C67H37N3OS3/c71-64(38-16-2-1-3-17-38)39-36-55(68-49-24-10-4-21-46(49)60-52(68)33-30-43-40-18-7-13-27-57(40)72-65(43)60)63(70-51-26-12-6-23-48(51)62-54(70)35-32-45-42-20-9-15-29-59(42)74-67(45)62)56(37-39)69-50-25-11-5-22-47(50)61-53(69)34-31-44-41-19-8-14-28-58(41)73-66(44)61/h1-37H. The molecule has 0 fully saturated rings. The molecule has 0 bridgehead atoms. The Balaban J connectivity index is 1.11. The lowest BCUT2D eigenvalue weighted by Crippen LogP contribution is -2.12. The number of fused-ring (bicyclic) bond motifs is 21. The number of hydrogen-bond acceptors (Lipinski definition) is 4. The molecule has 0 radical (unpaired) electrons. The summed E-state index contributed by atoms with van der Waals surface area (Å²) in [6.07, 6.45) is 0. The summed E-state index contributed by atoms with van der Waals surface area (Å²) in [6, 6.07) is 81.0. The summed E-state index contributed by atoms with van der Waals surface area (Å²) < 4.78 is 15.0. The first-order valence-corrected chi connectivity index (χ1v) is 27.4. The Hall–Kier alpha value is -8.85. The minimum absolute atomic E-state index is 0.0332. The first-order valence-electron chi connectivity index (χ1n) is 25.0. The topological polar surface area (TPSA) is 31.9 Å². The second kappa shape index (κ2) is 15.1. The lowest BCUT2D eigenvalue weighted by atomic mass is 10.00. The second-order valence-corrected chi connectivity index (χ2v) is 22.6. The Morgan fingerprint density at radius 3 is 1.04 bits per heavy atom. The average Bonchev–Trinajstić information content (AvgIpc) is 4.38. The maximum atomic E-state index is 15.5. The van der Waals surface area contributed by atoms with Crippen molar-refractivity contribution in [2.24, 2.45) is 0 Å². The molecule has 0 spiro atoms. The molecule has 0 saturated heterocycles. The zero-order valence-electron chi connectivity index (χ0n) is 39.3. The van der Waals surface area contributed by atoms with E-state index < -0.39 is 0 Å². The normalized spacial score (nSPS) is 12.4. The zero-order chi connectivity index (χ0) is 48.3. The van der Waals surface area contributed by atoms with Crippen molar-refractivity contribution in [2.45, 2.75) is 0 Å². The Morgan fingerprint density at radius 1 is 0.284 bits per heavy atom. The maximum Gasteiger partial charge on any atom is 0.193 e. The predicted octanol–water partition coefficient (Wildman–Crippen LogP) is 19.3. The third-order valence-electron chi connectivity index (χ3n) is 15.6. The van der Waals surface area contributed by atoms with Crippen LogP contribution < -0.4 is 0 Å². The van der Waals surface area contributed by atoms with Crippen LogP contribution in [0.5, 0.6) is 0 Å². The lowest BCUT2D eigenvalue weighted by Gasteiger charge is -2.23. The number of carbonyl (C=O) groups is 1. The largest absolute Gasteiger partial charge is 0.307 e. The molecule has 0 saturated carbocycles. The highest BCUT2D eigenvalue weighted by Gasteiger charge is 2.29. The monoisotopic (exact) mass is 995 g/mol. The molecule has 344 valence electrons. The van der Waals surface area contributed by atoms with Crippen molar-refractivity contribution in [2.75, 3.05) is 0 Å². The fourth-order valence-corrected chi connectivity index (χ4v) is 16.3. The molecule has 6 heterocycles. The van der Waals surface area contributed by atoms with Crippen LogP contribution in [0.2, 0.25) is 0 Å². The second-order valence-electron chi connectivity index (χ2n) is 19.4. The molecule has 0 amide bonds. The number of ketones is 1. The molecule has 17 aromatic rings. The van der Waals surface area contributed by atoms with Crippen LogP contribution in [0.4, 0.5) is 0 Å². The molecule has 0 aliphatic heterocycles. The van der Waals surface area contributed by atoms with Gasteiger partial charge in [0.15, 0.2) is 5.78 Å². The van der Waals surface area contributed by atoms with Crippen LogP contribution in [0, 0.1) is 0 Å². The molecule has 7 heteroatoms. The minimum atomic E-state index is -0.0332. The summed E-state index contributed by atoms with van der Waals surface area (Å²) in [6.45, 7) is 0. The summed E-state index contributed by atoms with van der Waals surface area (Å²) in [5, 5.41) is 14.7. The molecule has 0 N–H and O–H groups in total. The smallest absolute Gasteiger partial charge is 0.193 e. The van der Waals surface area contributed by atoms with Crippen LogP contribution >= 0.6 is 34.0 Å². The Bertz CT molecular complexity index is 5080. The number of nitrogens with zero attached hydrogens (tertiary/aromatic N) is 3. The number of para-hydroxylation sites is 3. The van der Waals surface area contributed by atoms with Gasteiger partial charge in [-0.05, 0) is 66.7 Å². The SMILES string of the molecule is O=C(c1ccccc1)c1cc(-n2c3ccccc3c3c4sc5ccccc5c4ccc32)c(-n2c3ccccc3c3c4sc5ccccc5c4ccc32)c(-n2c3ccccc3c3c4sc5ccccc5c4ccc32)c1. The number of thiophene rings is 3. The summed E-state index contributed by atoms with van der Waals surface area (Å²) >= 11 is 5.59. The molecule has 4 nitrogen and oxygen atoms in total. The van der Waals surface area contributed by atoms with Gasteiger partial charge in [-0.2, -0.15) is 0 Å². The summed E-state index contributed by atoms with van der Waals surface area (Å²) in [4.78, 5) is 15.5. The van der Waals surface area contributed by atoms with E-state index in [9.17, 15) is 0 Å². The van der Waals surface area contributed by atoms with E-state index in [2.05, 4.69) is 208 Å². The third-order valence-corrected chi connectivity index (χ3v) is 19.2. The number of carbonyl (C=O) groups excluding carboxylic acids is 1. The first-order chi connectivity index (χ1) is 36.7. The van der Waals surface area contributed by atoms with Gasteiger partial charge in [-0.3, -0.25) is 4.79 Å². The fraction of sp³-hybridized carbons (Fsp3) is 0. The van der Waals surface area contributed by atoms with E-state index in [0.29, 0.717) is 11.1 Å². The molecule has 0 aliphatic carbocycles. The van der Waals surface area contributed by atoms with Crippen molar-refractivity contribution >= 4 is 166 Å². The van der Waals surface area contributed by atoms with E-state index in [-0.39, 0.29) is 5.78 Å². The van der Waals surface area contributed by atoms with Gasteiger partial charge in [0.05, 0.1) is 50.2 Å². The maximum absolute atomic E-state index is 15.5. The van der Waals surface area contributed by atoms with Crippen molar-refractivity contribution < 1.29 is 4.79 Å². The molecule has 11 aromatic carbocycles. The number of rotatable bonds is 5. The number of hydrogen-bond donors (Lipinski definition) is 0. The summed E-state index contributed by atoms with van der Waals surface area (Å²) in [7, 11) is 0. The van der Waals surface area contributed by atoms with Crippen molar-refractivity contribution in [1.29, 1.82) is 0 Å². The molecule has 17 rings (SSSR count). The van der Waals surface area contributed by atoms with Crippen molar-refractivity contribution in [3.05, 3.63) is 236 Å². The molecular weight excluding hydrogens is 959 g/mol. The van der Waals surface area contributed by atoms with E-state index in [4.69, 9.17) is 0 Å². The Kier molecular flexibility index (Phi) is 8.31. The van der Waals surface area contributed by atoms with Crippen molar-refractivity contribution in [3.8, 4) is 17.1 Å². The van der Waals surface area contributed by atoms with Gasteiger partial charge in [-0.1, -0.05) is 158 Å². The van der Waals surface area contributed by atoms with E-state index in [1.807, 2.05) is 64.3 Å². The highest BCUT2D eigenvalue weighted by molar-refractivity contribution is 7.27. The van der Waals surface area contributed by atoms with Gasteiger partial charge in [-0.15, -0.1) is 34.0 Å². The van der Waals surface area contributed by atoms with Crippen LogP contribution in [0.25, 0.3) is 143 Å². The summed E-state index contributed by atoms with van der Waals surface area (Å²) in [5.41, 5.74) is 10.6. The zero-order valence-corrected chi connectivity index (χ0v) is 41.8. The van der Waals surface area contributed by atoms with E-state index in [1.165, 1.54) is 92.8 Å². The van der Waals surface area contributed by atoms with Crippen molar-refractivity contribution in [3.63, 3.8) is 0 Å². The Labute approximate surface area is 434 Å². The van der Waals surface area contributed by atoms with Gasteiger partial charge < -0.3 is 13.7 Å². The molecule has 0 unspecified atom stereocenters. The molecule has 0 aliphatic rings. The van der Waals surface area contributed by atoms with Gasteiger partial charge >= 0.3 is 0 Å². The molecule has 0 atom stereocenters. The predicted molar refractivity (Wildman–Crippen MR) is 318 cm³/mol. The van der Waals surface area contributed by atoms with E-state index in [1.54, 1.807) is 0 Å². The van der Waals surface area contributed by atoms with E-state index in [0.717, 1.165) is 50.2 Å².